The van der Waals surface area contributed by atoms with Gasteiger partial charge in [-0.3, -0.25) is 4.79 Å². The molecule has 0 aromatic carbocycles. The predicted molar refractivity (Wildman–Crippen MR) is 224 cm³/mol. The second kappa shape index (κ2) is 41.2. The number of hydrogen-bond donors (Lipinski definition) is 5. The van der Waals surface area contributed by atoms with Crippen LogP contribution in [0.1, 0.15) is 245 Å². The number of carbonyl (C=O) groups is 1. The van der Waals surface area contributed by atoms with Crippen molar-refractivity contribution in [3.63, 3.8) is 0 Å². The Bertz CT molecular complexity index is 746. The zero-order chi connectivity index (χ0) is 38.2. The minimum atomic E-state index is -1.28. The second-order valence-corrected chi connectivity index (χ2v) is 16.1. The molecule has 0 saturated heterocycles. The lowest BCUT2D eigenvalue weighted by molar-refractivity contribution is -0.132. The number of rotatable bonds is 42. The van der Waals surface area contributed by atoms with Crippen molar-refractivity contribution in [1.29, 1.82) is 0 Å². The van der Waals surface area contributed by atoms with Crippen molar-refractivity contribution in [1.82, 2.24) is 5.32 Å². The van der Waals surface area contributed by atoms with E-state index in [1.54, 1.807) is 0 Å². The molecule has 0 aromatic heterocycles. The van der Waals surface area contributed by atoms with Gasteiger partial charge < -0.3 is 25.7 Å². The second-order valence-electron chi connectivity index (χ2n) is 16.1. The van der Waals surface area contributed by atoms with Crippen molar-refractivity contribution >= 4 is 5.91 Å². The van der Waals surface area contributed by atoms with Crippen LogP contribution in [0.3, 0.4) is 0 Å². The van der Waals surface area contributed by atoms with Crippen LogP contribution < -0.4 is 5.32 Å². The van der Waals surface area contributed by atoms with E-state index in [1.165, 1.54) is 180 Å². The lowest BCUT2D eigenvalue weighted by Crippen LogP contribution is -2.53. The summed E-state index contributed by atoms with van der Waals surface area (Å²) in [4.78, 5) is 12.5. The summed E-state index contributed by atoms with van der Waals surface area (Å²) in [6.07, 6.45) is 45.4. The largest absolute Gasteiger partial charge is 0.394 e. The molecule has 0 aliphatic carbocycles. The van der Waals surface area contributed by atoms with Crippen molar-refractivity contribution in [3.8, 4) is 0 Å². The monoisotopic (exact) mass is 738 g/mol. The third-order valence-electron chi connectivity index (χ3n) is 11.0. The minimum absolute atomic E-state index is 0.368. The van der Waals surface area contributed by atoms with E-state index in [0.29, 0.717) is 12.8 Å². The van der Waals surface area contributed by atoms with Gasteiger partial charge in [0.1, 0.15) is 12.2 Å². The number of unbranched alkanes of at least 4 members (excludes halogenated alkanes) is 31. The van der Waals surface area contributed by atoms with E-state index in [4.69, 9.17) is 0 Å². The van der Waals surface area contributed by atoms with E-state index in [9.17, 15) is 25.2 Å². The van der Waals surface area contributed by atoms with Crippen molar-refractivity contribution < 1.29 is 25.2 Å². The Kier molecular flexibility index (Phi) is 40.5. The van der Waals surface area contributed by atoms with E-state index in [-0.39, 0.29) is 0 Å². The molecular formula is C46H91NO5. The number of amides is 1. The Labute approximate surface area is 323 Å². The van der Waals surface area contributed by atoms with Gasteiger partial charge in [0.05, 0.1) is 18.8 Å². The lowest BCUT2D eigenvalue weighted by atomic mass is 10.00. The van der Waals surface area contributed by atoms with Crippen LogP contribution in [0.25, 0.3) is 0 Å². The van der Waals surface area contributed by atoms with Crippen LogP contribution in [0, 0.1) is 0 Å². The van der Waals surface area contributed by atoms with Gasteiger partial charge in [0.25, 0.3) is 0 Å². The molecule has 6 heteroatoms. The molecule has 6 nitrogen and oxygen atoms in total. The number of carbonyl (C=O) groups excluding carboxylic acids is 1. The Morgan fingerprint density at radius 3 is 1.15 bits per heavy atom. The first-order chi connectivity index (χ1) is 25.5. The standard InChI is InChI=1S/C46H91NO5/c1-3-5-7-9-11-13-15-17-18-19-20-21-22-23-24-25-26-28-30-32-34-36-38-40-44(50)46(52)47-42(41-48)45(51)43(49)39-37-35-33-31-29-27-16-14-12-10-8-6-4-2/h31,33,42-45,48-51H,3-30,32,34-41H2,1-2H3,(H,47,52)/b33-31+. The summed E-state index contributed by atoms with van der Waals surface area (Å²) < 4.78 is 0. The van der Waals surface area contributed by atoms with Gasteiger partial charge in [0.15, 0.2) is 0 Å². The van der Waals surface area contributed by atoms with E-state index in [2.05, 4.69) is 31.3 Å². The van der Waals surface area contributed by atoms with Crippen LogP contribution in [-0.2, 0) is 4.79 Å². The summed E-state index contributed by atoms with van der Waals surface area (Å²) in [7, 11) is 0. The normalized spacial score (nSPS) is 14.2. The highest BCUT2D eigenvalue weighted by Crippen LogP contribution is 2.17. The average Bonchev–Trinajstić information content (AvgIpc) is 3.15. The van der Waals surface area contributed by atoms with Gasteiger partial charge >= 0.3 is 0 Å². The quantitative estimate of drug-likeness (QED) is 0.0316. The fraction of sp³-hybridized carbons (Fsp3) is 0.935. The number of aliphatic hydroxyl groups excluding tert-OH is 4. The van der Waals surface area contributed by atoms with Crippen molar-refractivity contribution in [2.75, 3.05) is 6.61 Å². The average molecular weight is 738 g/mol. The summed E-state index contributed by atoms with van der Waals surface area (Å²) in [5.41, 5.74) is 0. The molecule has 0 fully saturated rings. The zero-order valence-corrected chi connectivity index (χ0v) is 34.8. The molecule has 0 aliphatic rings. The van der Waals surface area contributed by atoms with Gasteiger partial charge in [0.2, 0.25) is 5.91 Å². The van der Waals surface area contributed by atoms with Gasteiger partial charge in [-0.05, 0) is 38.5 Å². The molecular weight excluding hydrogens is 647 g/mol. The molecule has 310 valence electrons. The molecule has 0 heterocycles. The first-order valence-electron chi connectivity index (χ1n) is 23.1. The molecule has 0 radical (unpaired) electrons. The number of aliphatic hydroxyl groups is 4. The minimum Gasteiger partial charge on any atom is -0.394 e. The molecule has 4 atom stereocenters. The number of nitrogens with one attached hydrogen (secondary N) is 1. The zero-order valence-electron chi connectivity index (χ0n) is 34.8. The highest BCUT2D eigenvalue weighted by atomic mass is 16.3. The maximum atomic E-state index is 12.5. The third kappa shape index (κ3) is 34.8. The van der Waals surface area contributed by atoms with Crippen LogP contribution in [0.15, 0.2) is 12.2 Å². The van der Waals surface area contributed by atoms with Crippen molar-refractivity contribution in [3.05, 3.63) is 12.2 Å². The van der Waals surface area contributed by atoms with E-state index < -0.39 is 36.9 Å². The lowest BCUT2D eigenvalue weighted by Gasteiger charge is -2.27. The predicted octanol–water partition coefficient (Wildman–Crippen LogP) is 12.2. The summed E-state index contributed by atoms with van der Waals surface area (Å²) in [5, 5.41) is 43.6. The maximum Gasteiger partial charge on any atom is 0.249 e. The highest BCUT2D eigenvalue weighted by Gasteiger charge is 2.28. The topological polar surface area (TPSA) is 110 Å². The Balaban J connectivity index is 3.67. The fourth-order valence-corrected chi connectivity index (χ4v) is 7.29. The van der Waals surface area contributed by atoms with E-state index in [0.717, 1.165) is 38.5 Å². The van der Waals surface area contributed by atoms with Crippen LogP contribution >= 0.6 is 0 Å². The molecule has 1 amide bonds. The molecule has 4 unspecified atom stereocenters. The van der Waals surface area contributed by atoms with E-state index >= 15 is 0 Å². The van der Waals surface area contributed by atoms with Crippen molar-refractivity contribution in [2.45, 2.75) is 269 Å². The summed E-state index contributed by atoms with van der Waals surface area (Å²) in [6.45, 7) is 4.04. The fourth-order valence-electron chi connectivity index (χ4n) is 7.29. The molecule has 0 rings (SSSR count). The van der Waals surface area contributed by atoms with E-state index in [1.807, 2.05) is 0 Å². The SMILES string of the molecule is CCCCCCCCCC/C=C/CCCC(O)C(O)C(CO)NC(=O)C(O)CCCCCCCCCCCCCCCCCCCCCCCCC. The molecule has 5 N–H and O–H groups in total. The van der Waals surface area contributed by atoms with Crippen LogP contribution in [0.5, 0.6) is 0 Å². The first kappa shape index (κ1) is 51.0. The van der Waals surface area contributed by atoms with Crippen LogP contribution in [0.4, 0.5) is 0 Å². The molecule has 0 saturated carbocycles. The number of hydrogen-bond acceptors (Lipinski definition) is 5. The summed E-state index contributed by atoms with van der Waals surface area (Å²) >= 11 is 0. The first-order valence-corrected chi connectivity index (χ1v) is 23.1. The number of allylic oxidation sites excluding steroid dienone is 2. The summed E-state index contributed by atoms with van der Waals surface area (Å²) in [5.74, 6) is -0.590. The Morgan fingerprint density at radius 1 is 0.462 bits per heavy atom. The smallest absolute Gasteiger partial charge is 0.249 e. The maximum absolute atomic E-state index is 12.5. The highest BCUT2D eigenvalue weighted by molar-refractivity contribution is 5.80. The molecule has 0 bridgehead atoms. The van der Waals surface area contributed by atoms with Gasteiger partial charge in [0, 0.05) is 0 Å². The third-order valence-corrected chi connectivity index (χ3v) is 11.0. The Hall–Kier alpha value is -0.950. The van der Waals surface area contributed by atoms with Gasteiger partial charge in [-0.15, -0.1) is 0 Å². The molecule has 0 aliphatic heterocycles. The van der Waals surface area contributed by atoms with Crippen LogP contribution in [0.2, 0.25) is 0 Å². The van der Waals surface area contributed by atoms with Crippen LogP contribution in [-0.4, -0.2) is 57.3 Å². The summed E-state index contributed by atoms with van der Waals surface area (Å²) in [6, 6.07) is -0.996. The van der Waals surface area contributed by atoms with Gasteiger partial charge in [-0.25, -0.2) is 0 Å². The molecule has 52 heavy (non-hydrogen) atoms. The van der Waals surface area contributed by atoms with Gasteiger partial charge in [-0.1, -0.05) is 219 Å². The molecule has 0 aromatic rings. The van der Waals surface area contributed by atoms with Gasteiger partial charge in [-0.2, -0.15) is 0 Å². The molecule has 0 spiro atoms. The van der Waals surface area contributed by atoms with Crippen molar-refractivity contribution in [2.24, 2.45) is 0 Å². The Morgan fingerprint density at radius 2 is 0.788 bits per heavy atom.